The van der Waals surface area contributed by atoms with Gasteiger partial charge in [0.2, 0.25) is 5.89 Å². The van der Waals surface area contributed by atoms with Gasteiger partial charge in [-0.25, -0.2) is 4.98 Å². The minimum atomic E-state index is 0.621. The van der Waals surface area contributed by atoms with Gasteiger partial charge >= 0.3 is 0 Å². The Hall–Kier alpha value is -2.15. The lowest BCUT2D eigenvalue weighted by Gasteiger charge is -1.97. The first-order chi connectivity index (χ1) is 9.35. The molecule has 7 heteroatoms. The van der Waals surface area contributed by atoms with Gasteiger partial charge in [-0.3, -0.25) is 0 Å². The van der Waals surface area contributed by atoms with E-state index in [1.165, 1.54) is 6.33 Å². The van der Waals surface area contributed by atoms with Gasteiger partial charge in [-0.1, -0.05) is 16.5 Å². The van der Waals surface area contributed by atoms with Crippen LogP contribution in [-0.2, 0) is 6.42 Å². The highest BCUT2D eigenvalue weighted by molar-refractivity contribution is 7.22. The molecule has 1 N–H and O–H groups in total. The second-order valence-corrected chi connectivity index (χ2v) is 4.90. The molecule has 2 heterocycles. The van der Waals surface area contributed by atoms with Crippen LogP contribution < -0.4 is 10.1 Å². The highest BCUT2D eigenvalue weighted by Gasteiger charge is 2.05. The number of methoxy groups -OCH3 is 1. The number of hydrogen-bond donors (Lipinski definition) is 1. The summed E-state index contributed by atoms with van der Waals surface area (Å²) < 4.78 is 11.2. The van der Waals surface area contributed by atoms with E-state index in [1.807, 2.05) is 18.2 Å². The third kappa shape index (κ3) is 2.65. The fraction of sp³-hybridized carbons (Fsp3) is 0.250. The van der Waals surface area contributed by atoms with E-state index in [9.17, 15) is 0 Å². The Balaban J connectivity index is 1.67. The molecule has 2 aromatic heterocycles. The van der Waals surface area contributed by atoms with E-state index in [-0.39, 0.29) is 0 Å². The number of ether oxygens (including phenoxy) is 1. The van der Waals surface area contributed by atoms with Crippen LogP contribution in [0.15, 0.2) is 29.0 Å². The van der Waals surface area contributed by atoms with E-state index in [2.05, 4.69) is 20.4 Å². The molecule has 0 radical (unpaired) electrons. The van der Waals surface area contributed by atoms with Crippen molar-refractivity contribution < 1.29 is 9.26 Å². The van der Waals surface area contributed by atoms with Gasteiger partial charge in [-0.15, -0.1) is 0 Å². The van der Waals surface area contributed by atoms with Gasteiger partial charge in [0.1, 0.15) is 5.75 Å². The van der Waals surface area contributed by atoms with Crippen molar-refractivity contribution in [2.75, 3.05) is 19.0 Å². The molecule has 3 aromatic rings. The lowest BCUT2D eigenvalue weighted by atomic mass is 10.3. The maximum Gasteiger partial charge on any atom is 0.228 e. The number of benzene rings is 1. The van der Waals surface area contributed by atoms with Crippen LogP contribution in [0, 0.1) is 0 Å². The quantitative estimate of drug-likeness (QED) is 0.771. The third-order valence-electron chi connectivity index (χ3n) is 2.62. The van der Waals surface area contributed by atoms with Gasteiger partial charge < -0.3 is 14.6 Å². The number of fused-ring (bicyclic) bond motifs is 1. The van der Waals surface area contributed by atoms with Gasteiger partial charge in [-0.05, 0) is 18.2 Å². The van der Waals surface area contributed by atoms with E-state index in [1.54, 1.807) is 18.4 Å². The van der Waals surface area contributed by atoms with Crippen molar-refractivity contribution >= 4 is 26.7 Å². The standard InChI is InChI=1S/C12H12N4O2S/c1-17-8-2-3-9-10(6-8)19-12(16-9)13-5-4-11-14-7-15-18-11/h2-3,6-7H,4-5H2,1H3,(H,13,16). The Morgan fingerprint density at radius 3 is 3.16 bits per heavy atom. The Bertz CT molecular complexity index is 665. The van der Waals surface area contributed by atoms with Crippen LogP contribution in [0.1, 0.15) is 5.89 Å². The summed E-state index contributed by atoms with van der Waals surface area (Å²) in [7, 11) is 1.66. The summed E-state index contributed by atoms with van der Waals surface area (Å²) in [6.07, 6.45) is 2.08. The molecule has 0 amide bonds. The lowest BCUT2D eigenvalue weighted by Crippen LogP contribution is -2.04. The molecule has 1 aromatic carbocycles. The largest absolute Gasteiger partial charge is 0.497 e. The average molecular weight is 276 g/mol. The summed E-state index contributed by atoms with van der Waals surface area (Å²) in [5, 5.41) is 7.69. The SMILES string of the molecule is COc1ccc2nc(NCCc3ncno3)sc2c1. The molecular formula is C12H12N4O2S. The van der Waals surface area contributed by atoms with Gasteiger partial charge in [0.25, 0.3) is 0 Å². The zero-order chi connectivity index (χ0) is 13.1. The highest BCUT2D eigenvalue weighted by atomic mass is 32.1. The van der Waals surface area contributed by atoms with Gasteiger partial charge in [0, 0.05) is 13.0 Å². The summed E-state index contributed by atoms with van der Waals surface area (Å²) in [5.74, 6) is 1.46. The van der Waals surface area contributed by atoms with Crippen molar-refractivity contribution in [3.63, 3.8) is 0 Å². The Morgan fingerprint density at radius 1 is 1.42 bits per heavy atom. The first-order valence-electron chi connectivity index (χ1n) is 5.79. The van der Waals surface area contributed by atoms with Crippen molar-refractivity contribution in [1.82, 2.24) is 15.1 Å². The molecule has 6 nitrogen and oxygen atoms in total. The molecular weight excluding hydrogens is 264 g/mol. The zero-order valence-corrected chi connectivity index (χ0v) is 11.1. The normalized spacial score (nSPS) is 10.8. The number of nitrogens with zero attached hydrogens (tertiary/aromatic N) is 3. The summed E-state index contributed by atoms with van der Waals surface area (Å²) in [6.45, 7) is 0.707. The Kier molecular flexibility index (Phi) is 3.28. The number of aromatic nitrogens is 3. The maximum atomic E-state index is 5.19. The highest BCUT2D eigenvalue weighted by Crippen LogP contribution is 2.28. The van der Waals surface area contributed by atoms with Crippen LogP contribution in [0.25, 0.3) is 10.2 Å². The summed E-state index contributed by atoms with van der Waals surface area (Å²) in [4.78, 5) is 8.45. The minimum Gasteiger partial charge on any atom is -0.497 e. The smallest absolute Gasteiger partial charge is 0.228 e. The lowest BCUT2D eigenvalue weighted by molar-refractivity contribution is 0.380. The van der Waals surface area contributed by atoms with Crippen molar-refractivity contribution in [3.05, 3.63) is 30.4 Å². The second-order valence-electron chi connectivity index (χ2n) is 3.86. The van der Waals surface area contributed by atoms with Gasteiger partial charge in [-0.2, -0.15) is 4.98 Å². The fourth-order valence-electron chi connectivity index (χ4n) is 1.69. The number of nitrogens with one attached hydrogen (secondary N) is 1. The number of rotatable bonds is 5. The molecule has 3 rings (SSSR count). The average Bonchev–Trinajstić information content (AvgIpc) is 3.06. The molecule has 0 spiro atoms. The second kappa shape index (κ2) is 5.23. The van der Waals surface area contributed by atoms with E-state index in [0.717, 1.165) is 21.1 Å². The monoisotopic (exact) mass is 276 g/mol. The molecule has 0 aliphatic carbocycles. The topological polar surface area (TPSA) is 73.1 Å². The minimum absolute atomic E-state index is 0.621. The van der Waals surface area contributed by atoms with Crippen molar-refractivity contribution in [2.45, 2.75) is 6.42 Å². The Labute approximate surface area is 113 Å². The molecule has 0 aliphatic rings. The van der Waals surface area contributed by atoms with Crippen LogP contribution >= 0.6 is 11.3 Å². The molecule has 0 fully saturated rings. The third-order valence-corrected chi connectivity index (χ3v) is 3.59. The van der Waals surface area contributed by atoms with Crippen LogP contribution in [-0.4, -0.2) is 28.8 Å². The molecule has 98 valence electrons. The number of anilines is 1. The van der Waals surface area contributed by atoms with Crippen molar-refractivity contribution in [2.24, 2.45) is 0 Å². The first-order valence-corrected chi connectivity index (χ1v) is 6.61. The molecule has 0 bridgehead atoms. The zero-order valence-electron chi connectivity index (χ0n) is 10.3. The predicted molar refractivity (Wildman–Crippen MR) is 72.7 cm³/mol. The summed E-state index contributed by atoms with van der Waals surface area (Å²) in [5.41, 5.74) is 0.964. The predicted octanol–water partition coefficient (Wildman–Crippen LogP) is 2.34. The molecule has 0 saturated heterocycles. The molecule has 0 aliphatic heterocycles. The first kappa shape index (κ1) is 11.9. The summed E-state index contributed by atoms with van der Waals surface area (Å²) >= 11 is 1.60. The number of hydrogen-bond acceptors (Lipinski definition) is 7. The number of thiazole rings is 1. The maximum absolute atomic E-state index is 5.19. The van der Waals surface area contributed by atoms with Gasteiger partial charge in [0.15, 0.2) is 11.5 Å². The van der Waals surface area contributed by atoms with E-state index in [0.29, 0.717) is 18.9 Å². The Morgan fingerprint density at radius 2 is 2.37 bits per heavy atom. The van der Waals surface area contributed by atoms with E-state index < -0.39 is 0 Å². The van der Waals surface area contributed by atoms with Crippen molar-refractivity contribution in [1.29, 1.82) is 0 Å². The van der Waals surface area contributed by atoms with Crippen LogP contribution in [0.5, 0.6) is 5.75 Å². The molecule has 0 unspecified atom stereocenters. The van der Waals surface area contributed by atoms with Crippen LogP contribution in [0.3, 0.4) is 0 Å². The van der Waals surface area contributed by atoms with E-state index in [4.69, 9.17) is 9.26 Å². The van der Waals surface area contributed by atoms with Gasteiger partial charge in [0.05, 0.1) is 17.3 Å². The summed E-state index contributed by atoms with van der Waals surface area (Å²) in [6, 6.07) is 5.84. The molecule has 19 heavy (non-hydrogen) atoms. The molecule has 0 atom stereocenters. The van der Waals surface area contributed by atoms with Crippen LogP contribution in [0.4, 0.5) is 5.13 Å². The fourth-order valence-corrected chi connectivity index (χ4v) is 2.61. The molecule has 0 saturated carbocycles. The van der Waals surface area contributed by atoms with E-state index >= 15 is 0 Å². The van der Waals surface area contributed by atoms with Crippen molar-refractivity contribution in [3.8, 4) is 5.75 Å². The van der Waals surface area contributed by atoms with Crippen LogP contribution in [0.2, 0.25) is 0 Å².